The molecule has 0 radical (unpaired) electrons. The Balaban J connectivity index is 1.75. The van der Waals surface area contributed by atoms with Gasteiger partial charge in [-0.25, -0.2) is 9.97 Å². The van der Waals surface area contributed by atoms with Gasteiger partial charge in [0.15, 0.2) is 5.65 Å². The van der Waals surface area contributed by atoms with Gasteiger partial charge >= 0.3 is 0 Å². The van der Waals surface area contributed by atoms with Crippen molar-refractivity contribution in [3.05, 3.63) is 64.7 Å². The van der Waals surface area contributed by atoms with E-state index >= 15 is 0 Å². The lowest BCUT2D eigenvalue weighted by Crippen LogP contribution is -2.25. The van der Waals surface area contributed by atoms with Crippen LogP contribution in [0.15, 0.2) is 53.6 Å². The first-order chi connectivity index (χ1) is 15.6. The van der Waals surface area contributed by atoms with Crippen LogP contribution in [-0.2, 0) is 0 Å². The van der Waals surface area contributed by atoms with E-state index in [1.165, 1.54) is 4.68 Å². The van der Waals surface area contributed by atoms with Crippen LogP contribution in [0.4, 0.5) is 5.82 Å². The van der Waals surface area contributed by atoms with E-state index in [1.807, 2.05) is 36.4 Å². The van der Waals surface area contributed by atoms with Crippen LogP contribution >= 0.6 is 11.6 Å². The Morgan fingerprint density at radius 2 is 1.81 bits per heavy atom. The van der Waals surface area contributed by atoms with E-state index in [1.54, 1.807) is 18.3 Å². The molecule has 1 amide bonds. The van der Waals surface area contributed by atoms with E-state index in [0.717, 1.165) is 31.2 Å². The predicted molar refractivity (Wildman–Crippen MR) is 130 cm³/mol. The monoisotopic (exact) mass is 448 g/mol. The summed E-state index contributed by atoms with van der Waals surface area (Å²) in [6, 6.07) is 14.8. The number of amides is 1. The Morgan fingerprint density at radius 1 is 1.09 bits per heavy atom. The van der Waals surface area contributed by atoms with Crippen molar-refractivity contribution in [2.75, 3.05) is 12.3 Å². The fourth-order valence-corrected chi connectivity index (χ4v) is 3.63. The minimum Gasteiger partial charge on any atom is -0.383 e. The number of rotatable bonds is 8. The molecule has 32 heavy (non-hydrogen) atoms. The van der Waals surface area contributed by atoms with Crippen LogP contribution in [0.5, 0.6) is 0 Å². The summed E-state index contributed by atoms with van der Waals surface area (Å²) in [6.07, 6.45) is 5.93. The van der Waals surface area contributed by atoms with Crippen LogP contribution in [0.2, 0.25) is 5.02 Å². The number of benzene rings is 2. The molecule has 4 aromatic rings. The van der Waals surface area contributed by atoms with Gasteiger partial charge in [-0.3, -0.25) is 4.79 Å². The maximum atomic E-state index is 13.0. The van der Waals surface area contributed by atoms with E-state index in [0.29, 0.717) is 39.3 Å². The maximum Gasteiger partial charge on any atom is 0.257 e. The lowest BCUT2D eigenvalue weighted by atomic mass is 10.2. The second kappa shape index (κ2) is 9.78. The van der Waals surface area contributed by atoms with Crippen LogP contribution in [0.1, 0.15) is 48.5 Å². The summed E-state index contributed by atoms with van der Waals surface area (Å²) in [5.74, 6) is -0.0689. The molecule has 0 saturated heterocycles. The van der Waals surface area contributed by atoms with Gasteiger partial charge in [0.25, 0.3) is 5.91 Å². The number of para-hydroxylation sites is 2. The van der Waals surface area contributed by atoms with Gasteiger partial charge in [0.05, 0.1) is 17.2 Å². The average Bonchev–Trinajstić information content (AvgIpc) is 3.07. The number of unbranched alkanes of at least 4 members (excludes halogenated alkanes) is 3. The lowest BCUT2D eigenvalue weighted by molar-refractivity contribution is 0.0955. The minimum absolute atomic E-state index is 0.201. The van der Waals surface area contributed by atoms with Crippen molar-refractivity contribution >= 4 is 51.7 Å². The van der Waals surface area contributed by atoms with Gasteiger partial charge in [-0.1, -0.05) is 62.1 Å². The number of hydrogen-bond acceptors (Lipinski definition) is 5. The molecular formula is C24H25ClN6O. The Morgan fingerprint density at radius 3 is 2.53 bits per heavy atom. The number of nitrogens with two attached hydrogens (primary N) is 1. The Hall–Kier alpha value is -3.45. The smallest absolute Gasteiger partial charge is 0.257 e. The summed E-state index contributed by atoms with van der Waals surface area (Å²) in [6.45, 7) is 2.74. The number of aromatic nitrogens is 3. The molecule has 0 spiro atoms. The van der Waals surface area contributed by atoms with E-state index in [2.05, 4.69) is 22.3 Å². The fourth-order valence-electron chi connectivity index (χ4n) is 3.50. The maximum absolute atomic E-state index is 13.0. The van der Waals surface area contributed by atoms with Gasteiger partial charge in [0.2, 0.25) is 0 Å². The molecule has 2 heterocycles. The Kier molecular flexibility index (Phi) is 6.66. The van der Waals surface area contributed by atoms with Crippen molar-refractivity contribution in [1.29, 1.82) is 0 Å². The van der Waals surface area contributed by atoms with E-state index in [-0.39, 0.29) is 11.7 Å². The molecule has 0 aliphatic rings. The van der Waals surface area contributed by atoms with Crippen LogP contribution < -0.4 is 11.1 Å². The summed E-state index contributed by atoms with van der Waals surface area (Å²) < 4.78 is 1.47. The molecule has 7 nitrogen and oxygen atoms in total. The number of nitrogens with zero attached hydrogens (tertiary/aromatic N) is 4. The zero-order valence-electron chi connectivity index (χ0n) is 17.9. The number of halogens is 1. The highest BCUT2D eigenvalue weighted by Gasteiger charge is 2.23. The molecule has 164 valence electrons. The van der Waals surface area contributed by atoms with Crippen molar-refractivity contribution in [2.24, 2.45) is 5.10 Å². The summed E-state index contributed by atoms with van der Waals surface area (Å²) >= 11 is 5.96. The summed E-state index contributed by atoms with van der Waals surface area (Å²) in [7, 11) is 0. The van der Waals surface area contributed by atoms with Crippen molar-refractivity contribution < 1.29 is 4.79 Å². The largest absolute Gasteiger partial charge is 0.383 e. The van der Waals surface area contributed by atoms with Crippen molar-refractivity contribution in [2.45, 2.75) is 32.6 Å². The molecule has 0 saturated carbocycles. The van der Waals surface area contributed by atoms with Crippen LogP contribution in [0, 0.1) is 0 Å². The number of hydrogen-bond donors (Lipinski definition) is 2. The first-order valence-electron chi connectivity index (χ1n) is 10.7. The molecule has 4 rings (SSSR count). The molecule has 0 fully saturated rings. The van der Waals surface area contributed by atoms with Gasteiger partial charge in [-0.15, -0.1) is 0 Å². The molecule has 2 aromatic heterocycles. The van der Waals surface area contributed by atoms with Crippen LogP contribution in [-0.4, -0.2) is 33.3 Å². The standard InChI is InChI=1S/C24H25ClN6O/c1-2-3-4-7-14-27-24(32)20-21-23(30-19-9-6-5-8-18(19)29-21)31(22(20)26)28-15-16-10-12-17(25)13-11-16/h5-6,8-13,15H,2-4,7,14,26H2,1H3,(H,27,32)/b28-15+. The quantitative estimate of drug-likeness (QED) is 0.292. The minimum atomic E-state index is -0.269. The number of nitrogens with one attached hydrogen (secondary N) is 1. The number of carbonyl (C=O) groups is 1. The number of fused-ring (bicyclic) bond motifs is 2. The molecular weight excluding hydrogens is 424 g/mol. The molecule has 0 bridgehead atoms. The summed E-state index contributed by atoms with van der Waals surface area (Å²) in [4.78, 5) is 22.4. The van der Waals surface area contributed by atoms with Crippen LogP contribution in [0.3, 0.4) is 0 Å². The third-order valence-corrected chi connectivity index (χ3v) is 5.46. The van der Waals surface area contributed by atoms with Crippen molar-refractivity contribution in [1.82, 2.24) is 20.0 Å². The zero-order valence-corrected chi connectivity index (χ0v) is 18.6. The number of carbonyl (C=O) groups excluding carboxylic acids is 1. The second-order valence-corrected chi connectivity index (χ2v) is 8.01. The Labute approximate surface area is 191 Å². The van der Waals surface area contributed by atoms with Crippen molar-refractivity contribution in [3.8, 4) is 0 Å². The molecule has 0 aliphatic heterocycles. The molecule has 0 aliphatic carbocycles. The van der Waals surface area contributed by atoms with E-state index in [4.69, 9.17) is 22.3 Å². The highest BCUT2D eigenvalue weighted by molar-refractivity contribution is 6.30. The zero-order chi connectivity index (χ0) is 22.5. The molecule has 3 N–H and O–H groups in total. The summed E-state index contributed by atoms with van der Waals surface area (Å²) in [5, 5.41) is 8.11. The van der Waals surface area contributed by atoms with Crippen LogP contribution in [0.25, 0.3) is 22.2 Å². The van der Waals surface area contributed by atoms with Gasteiger partial charge in [0, 0.05) is 11.6 Å². The SMILES string of the molecule is CCCCCCNC(=O)c1c(N)n(/N=C/c2ccc(Cl)cc2)c2nc3ccccc3nc12. The first kappa shape index (κ1) is 21.8. The highest BCUT2D eigenvalue weighted by atomic mass is 35.5. The average molecular weight is 449 g/mol. The lowest BCUT2D eigenvalue weighted by Gasteiger charge is -2.05. The fraction of sp³-hybridized carbons (Fsp3) is 0.250. The number of anilines is 1. The third kappa shape index (κ3) is 4.57. The van der Waals surface area contributed by atoms with Gasteiger partial charge in [0.1, 0.15) is 16.9 Å². The van der Waals surface area contributed by atoms with Gasteiger partial charge < -0.3 is 11.1 Å². The summed E-state index contributed by atoms with van der Waals surface area (Å²) in [5.41, 5.74) is 9.80. The normalized spacial score (nSPS) is 11.6. The van der Waals surface area contributed by atoms with Crippen molar-refractivity contribution in [3.63, 3.8) is 0 Å². The first-order valence-corrected chi connectivity index (χ1v) is 11.1. The third-order valence-electron chi connectivity index (χ3n) is 5.21. The second-order valence-electron chi connectivity index (χ2n) is 7.57. The molecule has 8 heteroatoms. The topological polar surface area (TPSA) is 98.2 Å². The molecule has 0 unspecified atom stereocenters. The van der Waals surface area contributed by atoms with Gasteiger partial charge in [-0.05, 0) is 36.2 Å². The van der Waals surface area contributed by atoms with Gasteiger partial charge in [-0.2, -0.15) is 9.78 Å². The van der Waals surface area contributed by atoms with E-state index in [9.17, 15) is 4.79 Å². The highest BCUT2D eigenvalue weighted by Crippen LogP contribution is 2.27. The van der Waals surface area contributed by atoms with E-state index < -0.39 is 0 Å². The molecule has 2 aromatic carbocycles. The molecule has 0 atom stereocenters. The number of nitrogen functional groups attached to an aromatic ring is 1. The predicted octanol–water partition coefficient (Wildman–Crippen LogP) is 5.01. The Bertz CT molecular complexity index is 1280.